The van der Waals surface area contributed by atoms with Crippen LogP contribution in [0.5, 0.6) is 0 Å². The molecule has 1 atom stereocenters. The van der Waals surface area contributed by atoms with Crippen LogP contribution in [-0.4, -0.2) is 41.5 Å². The zero-order valence-corrected chi connectivity index (χ0v) is 12.4. The van der Waals surface area contributed by atoms with Crippen molar-refractivity contribution in [2.45, 2.75) is 26.3 Å². The number of amides is 2. The van der Waals surface area contributed by atoms with Crippen LogP contribution in [0.1, 0.15) is 34.3 Å². The molecule has 0 radical (unpaired) electrons. The molecule has 2 rings (SSSR count). The zero-order chi connectivity index (χ0) is 14.5. The number of nitrogens with one attached hydrogen (secondary N) is 1. The Morgan fingerprint density at radius 2 is 2.30 bits per heavy atom. The molecule has 5 nitrogen and oxygen atoms in total. The summed E-state index contributed by atoms with van der Waals surface area (Å²) in [5, 5.41) is 11.9. The Morgan fingerprint density at radius 3 is 3.00 bits per heavy atom. The summed E-state index contributed by atoms with van der Waals surface area (Å²) in [6.45, 7) is 3.47. The zero-order valence-electron chi connectivity index (χ0n) is 11.6. The van der Waals surface area contributed by atoms with E-state index in [1.165, 1.54) is 18.3 Å². The summed E-state index contributed by atoms with van der Waals surface area (Å²) in [4.78, 5) is 26.7. The molecule has 0 bridgehead atoms. The Bertz CT molecular complexity index is 487. The van der Waals surface area contributed by atoms with E-state index in [9.17, 15) is 14.7 Å². The van der Waals surface area contributed by atoms with Gasteiger partial charge >= 0.3 is 0 Å². The van der Waals surface area contributed by atoms with E-state index in [0.29, 0.717) is 18.0 Å². The minimum absolute atomic E-state index is 0.0298. The molecule has 20 heavy (non-hydrogen) atoms. The number of rotatable bonds is 4. The number of aliphatic hydroxyl groups is 1. The number of hydrogen-bond donors (Lipinski definition) is 2. The molecule has 1 aliphatic heterocycles. The minimum atomic E-state index is -0.0758. The summed E-state index contributed by atoms with van der Waals surface area (Å²) < 4.78 is 0. The van der Waals surface area contributed by atoms with Crippen LogP contribution < -0.4 is 5.32 Å². The molecule has 1 aromatic heterocycles. The Balaban J connectivity index is 1.96. The van der Waals surface area contributed by atoms with E-state index in [1.807, 2.05) is 17.0 Å². The van der Waals surface area contributed by atoms with Gasteiger partial charge in [0, 0.05) is 31.5 Å². The molecular weight excluding hydrogens is 276 g/mol. The van der Waals surface area contributed by atoms with Crippen molar-refractivity contribution in [2.75, 3.05) is 19.7 Å². The molecule has 6 heteroatoms. The fourth-order valence-electron chi connectivity index (χ4n) is 2.35. The smallest absolute Gasteiger partial charge is 0.263 e. The van der Waals surface area contributed by atoms with Gasteiger partial charge in [-0.25, -0.2) is 0 Å². The summed E-state index contributed by atoms with van der Waals surface area (Å²) in [6, 6.07) is 3.69. The van der Waals surface area contributed by atoms with Gasteiger partial charge in [0.25, 0.3) is 5.91 Å². The maximum atomic E-state index is 12.4. The van der Waals surface area contributed by atoms with E-state index in [2.05, 4.69) is 5.32 Å². The topological polar surface area (TPSA) is 69.6 Å². The van der Waals surface area contributed by atoms with Gasteiger partial charge in [0.1, 0.15) is 0 Å². The number of likely N-dealkylation sites (tertiary alicyclic amines) is 1. The average Bonchev–Trinajstić information content (AvgIpc) is 2.93. The highest BCUT2D eigenvalue weighted by molar-refractivity contribution is 7.14. The average molecular weight is 296 g/mol. The van der Waals surface area contributed by atoms with Crippen molar-refractivity contribution >= 4 is 23.2 Å². The highest BCUT2D eigenvalue weighted by atomic mass is 32.1. The molecule has 2 heterocycles. The van der Waals surface area contributed by atoms with E-state index in [1.54, 1.807) is 0 Å². The van der Waals surface area contributed by atoms with Crippen LogP contribution >= 0.6 is 11.3 Å². The van der Waals surface area contributed by atoms with Gasteiger partial charge in [-0.2, -0.15) is 0 Å². The molecule has 1 aromatic rings. The first-order chi connectivity index (χ1) is 9.60. The summed E-state index contributed by atoms with van der Waals surface area (Å²) in [7, 11) is 0. The number of hydrogen-bond acceptors (Lipinski definition) is 4. The van der Waals surface area contributed by atoms with Gasteiger partial charge in [0.15, 0.2) is 0 Å². The van der Waals surface area contributed by atoms with Crippen LogP contribution in [0.15, 0.2) is 12.1 Å². The molecule has 110 valence electrons. The third-order valence-electron chi connectivity index (χ3n) is 3.45. The van der Waals surface area contributed by atoms with Gasteiger partial charge in [-0.05, 0) is 30.9 Å². The quantitative estimate of drug-likeness (QED) is 0.878. The lowest BCUT2D eigenvalue weighted by atomic mass is 9.99. The van der Waals surface area contributed by atoms with Gasteiger partial charge in [-0.15, -0.1) is 11.3 Å². The van der Waals surface area contributed by atoms with Crippen molar-refractivity contribution in [1.82, 2.24) is 10.2 Å². The Labute approximate surface area is 122 Å². The highest BCUT2D eigenvalue weighted by Gasteiger charge is 2.24. The fraction of sp³-hybridized carbons (Fsp3) is 0.571. The van der Waals surface area contributed by atoms with E-state index < -0.39 is 0 Å². The first-order valence-corrected chi connectivity index (χ1v) is 7.65. The SMILES string of the molecule is CC(=O)NCc1ccc(C(=O)N2CCCC(CO)C2)s1. The second-order valence-corrected chi connectivity index (χ2v) is 6.29. The number of thiophene rings is 1. The molecular formula is C14H20N2O3S. The van der Waals surface area contributed by atoms with E-state index in [-0.39, 0.29) is 24.3 Å². The number of carbonyl (C=O) groups is 2. The predicted octanol–water partition coefficient (Wildman–Crippen LogP) is 1.23. The Morgan fingerprint density at radius 1 is 1.50 bits per heavy atom. The van der Waals surface area contributed by atoms with E-state index in [4.69, 9.17) is 0 Å². The highest BCUT2D eigenvalue weighted by Crippen LogP contribution is 2.22. The number of carbonyl (C=O) groups excluding carboxylic acids is 2. The summed E-state index contributed by atoms with van der Waals surface area (Å²) in [5.74, 6) is 0.154. The van der Waals surface area contributed by atoms with Crippen LogP contribution in [0.25, 0.3) is 0 Å². The standard InChI is InChI=1S/C14H20N2O3S/c1-10(18)15-7-12-4-5-13(20-12)14(19)16-6-2-3-11(8-16)9-17/h4-5,11,17H,2-3,6-9H2,1H3,(H,15,18). The summed E-state index contributed by atoms with van der Waals surface area (Å²) in [5.41, 5.74) is 0. The number of piperidine rings is 1. The van der Waals surface area contributed by atoms with Crippen LogP contribution in [0.2, 0.25) is 0 Å². The number of nitrogens with zero attached hydrogens (tertiary/aromatic N) is 1. The van der Waals surface area contributed by atoms with E-state index in [0.717, 1.165) is 24.3 Å². The van der Waals surface area contributed by atoms with Crippen molar-refractivity contribution in [3.8, 4) is 0 Å². The van der Waals surface area contributed by atoms with Gasteiger partial charge in [0.05, 0.1) is 11.4 Å². The molecule has 1 saturated heterocycles. The predicted molar refractivity (Wildman–Crippen MR) is 77.6 cm³/mol. The maximum absolute atomic E-state index is 12.4. The Kier molecular flexibility index (Phi) is 5.14. The van der Waals surface area contributed by atoms with Crippen LogP contribution in [0.3, 0.4) is 0 Å². The van der Waals surface area contributed by atoms with Gasteiger partial charge in [-0.1, -0.05) is 0 Å². The van der Waals surface area contributed by atoms with Crippen molar-refractivity contribution in [3.05, 3.63) is 21.9 Å². The second kappa shape index (κ2) is 6.85. The summed E-state index contributed by atoms with van der Waals surface area (Å²) >= 11 is 1.42. The molecule has 0 saturated carbocycles. The van der Waals surface area contributed by atoms with Crippen molar-refractivity contribution in [3.63, 3.8) is 0 Å². The van der Waals surface area contributed by atoms with Crippen LogP contribution in [0, 0.1) is 5.92 Å². The lowest BCUT2D eigenvalue weighted by Gasteiger charge is -2.31. The maximum Gasteiger partial charge on any atom is 0.263 e. The first-order valence-electron chi connectivity index (χ1n) is 6.83. The molecule has 1 fully saturated rings. The lowest BCUT2D eigenvalue weighted by molar-refractivity contribution is -0.119. The first kappa shape index (κ1) is 15.0. The fourth-order valence-corrected chi connectivity index (χ4v) is 3.27. The lowest BCUT2D eigenvalue weighted by Crippen LogP contribution is -2.40. The molecule has 0 aromatic carbocycles. The van der Waals surface area contributed by atoms with Crippen molar-refractivity contribution in [1.29, 1.82) is 0 Å². The van der Waals surface area contributed by atoms with Gasteiger partial charge in [-0.3, -0.25) is 9.59 Å². The normalized spacial score (nSPS) is 18.9. The van der Waals surface area contributed by atoms with Crippen LogP contribution in [0.4, 0.5) is 0 Å². The second-order valence-electron chi connectivity index (χ2n) is 5.12. The third-order valence-corrected chi connectivity index (χ3v) is 4.52. The number of aliphatic hydroxyl groups excluding tert-OH is 1. The molecule has 1 aliphatic rings. The molecule has 0 aliphatic carbocycles. The van der Waals surface area contributed by atoms with Crippen LogP contribution in [-0.2, 0) is 11.3 Å². The van der Waals surface area contributed by atoms with Gasteiger partial charge in [0.2, 0.25) is 5.91 Å². The molecule has 0 spiro atoms. The van der Waals surface area contributed by atoms with Crippen molar-refractivity contribution < 1.29 is 14.7 Å². The minimum Gasteiger partial charge on any atom is -0.396 e. The molecule has 2 amide bonds. The molecule has 1 unspecified atom stereocenters. The largest absolute Gasteiger partial charge is 0.396 e. The molecule has 2 N–H and O–H groups in total. The Hall–Kier alpha value is -1.40. The third kappa shape index (κ3) is 3.80. The monoisotopic (exact) mass is 296 g/mol. The van der Waals surface area contributed by atoms with Gasteiger partial charge < -0.3 is 15.3 Å². The van der Waals surface area contributed by atoms with E-state index >= 15 is 0 Å². The van der Waals surface area contributed by atoms with Crippen molar-refractivity contribution in [2.24, 2.45) is 5.92 Å². The summed E-state index contributed by atoms with van der Waals surface area (Å²) in [6.07, 6.45) is 1.93.